The molecule has 0 aromatic rings. The first kappa shape index (κ1) is 25.0. The van der Waals surface area contributed by atoms with Crippen LogP contribution in [0.1, 0.15) is 52.9 Å². The van der Waals surface area contributed by atoms with Gasteiger partial charge in [-0.25, -0.2) is 4.79 Å². The van der Waals surface area contributed by atoms with Gasteiger partial charge in [0.05, 0.1) is 23.7 Å². The van der Waals surface area contributed by atoms with Crippen LogP contribution in [0, 0.1) is 16.7 Å². The second-order valence-electron chi connectivity index (χ2n) is 11.2. The third-order valence-corrected chi connectivity index (χ3v) is 9.11. The van der Waals surface area contributed by atoms with E-state index in [0.29, 0.717) is 30.4 Å². The van der Waals surface area contributed by atoms with Crippen molar-refractivity contribution in [3.63, 3.8) is 0 Å². The first-order valence-electron chi connectivity index (χ1n) is 12.8. The quantitative estimate of drug-likeness (QED) is 0.441. The number of carbonyl (C=O) groups is 3. The number of aliphatic hydroxyl groups is 2. The molecule has 1 saturated carbocycles. The second kappa shape index (κ2) is 8.73. The van der Waals surface area contributed by atoms with E-state index in [1.165, 1.54) is 14.0 Å². The normalized spacial score (nSPS) is 39.2. The molecular formula is C27H35NO8. The summed E-state index contributed by atoms with van der Waals surface area (Å²) in [4.78, 5) is 41.4. The molecule has 36 heavy (non-hydrogen) atoms. The molecule has 3 fully saturated rings. The molecule has 6 unspecified atom stereocenters. The first-order chi connectivity index (χ1) is 17.0. The number of allylic oxidation sites excluding steroid dienone is 1. The molecule has 6 atom stereocenters. The summed E-state index contributed by atoms with van der Waals surface area (Å²) in [6.07, 6.45) is 2.70. The summed E-state index contributed by atoms with van der Waals surface area (Å²) in [7, 11) is 1.49. The van der Waals surface area contributed by atoms with E-state index in [2.05, 4.69) is 0 Å². The Hall–Kier alpha value is -2.65. The van der Waals surface area contributed by atoms with Crippen LogP contribution < -0.4 is 0 Å². The van der Waals surface area contributed by atoms with E-state index >= 15 is 0 Å². The SMILES string of the molecule is COCC1OC(=O)/C(=C/N2CCCC2)C2=C(O)C(=O)C3=C(C(OC(C)=O)CC4(C)C(O)CCC34)C21C. The Bertz CT molecular complexity index is 1100. The molecule has 5 aliphatic rings. The number of rotatable bonds is 4. The van der Waals surface area contributed by atoms with Gasteiger partial charge in [0, 0.05) is 49.9 Å². The van der Waals surface area contributed by atoms with Crippen molar-refractivity contribution in [2.24, 2.45) is 16.7 Å². The molecule has 2 saturated heterocycles. The van der Waals surface area contributed by atoms with E-state index in [0.717, 1.165) is 25.9 Å². The van der Waals surface area contributed by atoms with Gasteiger partial charge in [-0.3, -0.25) is 9.59 Å². The van der Waals surface area contributed by atoms with E-state index in [1.807, 2.05) is 18.7 Å². The number of likely N-dealkylation sites (tertiary alicyclic amines) is 1. The number of aliphatic hydroxyl groups excluding tert-OH is 2. The van der Waals surface area contributed by atoms with Crippen LogP contribution >= 0.6 is 0 Å². The summed E-state index contributed by atoms with van der Waals surface area (Å²) in [6.45, 7) is 6.61. The monoisotopic (exact) mass is 501 g/mol. The lowest BCUT2D eigenvalue weighted by molar-refractivity contribution is -0.161. The highest BCUT2D eigenvalue weighted by atomic mass is 16.6. The topological polar surface area (TPSA) is 123 Å². The molecule has 2 N–H and O–H groups in total. The summed E-state index contributed by atoms with van der Waals surface area (Å²) in [6, 6.07) is 0. The van der Waals surface area contributed by atoms with Crippen LogP contribution in [0.4, 0.5) is 0 Å². The highest BCUT2D eigenvalue weighted by Crippen LogP contribution is 2.63. The zero-order valence-electron chi connectivity index (χ0n) is 21.3. The number of carbonyl (C=O) groups excluding carboxylic acids is 3. The van der Waals surface area contributed by atoms with Crippen molar-refractivity contribution >= 4 is 17.7 Å². The van der Waals surface area contributed by atoms with Crippen LogP contribution in [-0.4, -0.2) is 78.0 Å². The van der Waals surface area contributed by atoms with Gasteiger partial charge >= 0.3 is 11.9 Å². The van der Waals surface area contributed by atoms with Crippen LogP contribution in [0.25, 0.3) is 0 Å². The Balaban J connectivity index is 1.76. The molecule has 9 heteroatoms. The molecule has 0 aromatic carbocycles. The molecule has 0 radical (unpaired) electrons. The third kappa shape index (κ3) is 3.46. The number of fused-ring (bicyclic) bond motifs is 4. The number of hydrogen-bond acceptors (Lipinski definition) is 9. The van der Waals surface area contributed by atoms with E-state index in [-0.39, 0.29) is 23.7 Å². The third-order valence-electron chi connectivity index (χ3n) is 9.11. The molecule has 9 nitrogen and oxygen atoms in total. The minimum absolute atomic E-state index is 0.0261. The summed E-state index contributed by atoms with van der Waals surface area (Å²) in [5.41, 5.74) is -0.596. The van der Waals surface area contributed by atoms with Crippen molar-refractivity contribution in [2.45, 2.75) is 71.2 Å². The fourth-order valence-electron chi connectivity index (χ4n) is 7.33. The van der Waals surface area contributed by atoms with Crippen LogP contribution in [-0.2, 0) is 28.6 Å². The Morgan fingerprint density at radius 2 is 1.92 bits per heavy atom. The number of Topliss-reactive ketones (excluding diaryl/α,β-unsaturated/α-hetero) is 1. The molecule has 0 bridgehead atoms. The van der Waals surface area contributed by atoms with Crippen molar-refractivity contribution in [2.75, 3.05) is 26.8 Å². The highest BCUT2D eigenvalue weighted by Gasteiger charge is 2.64. The minimum atomic E-state index is -1.17. The first-order valence-corrected chi connectivity index (χ1v) is 12.8. The maximum absolute atomic E-state index is 13.9. The van der Waals surface area contributed by atoms with Gasteiger partial charge in [-0.1, -0.05) is 6.92 Å². The summed E-state index contributed by atoms with van der Waals surface area (Å²) >= 11 is 0. The van der Waals surface area contributed by atoms with Gasteiger partial charge in [-0.2, -0.15) is 0 Å². The zero-order valence-corrected chi connectivity index (χ0v) is 21.3. The molecule has 3 aliphatic carbocycles. The predicted molar refractivity (Wildman–Crippen MR) is 127 cm³/mol. The fourth-order valence-corrected chi connectivity index (χ4v) is 7.33. The van der Waals surface area contributed by atoms with Crippen molar-refractivity contribution in [1.29, 1.82) is 0 Å². The van der Waals surface area contributed by atoms with Gasteiger partial charge in [-0.05, 0) is 50.5 Å². The van der Waals surface area contributed by atoms with E-state index in [9.17, 15) is 24.6 Å². The maximum atomic E-state index is 13.9. The van der Waals surface area contributed by atoms with Crippen LogP contribution in [0.2, 0.25) is 0 Å². The number of esters is 2. The van der Waals surface area contributed by atoms with Gasteiger partial charge in [0.2, 0.25) is 5.78 Å². The number of hydrogen-bond donors (Lipinski definition) is 2. The molecule has 196 valence electrons. The van der Waals surface area contributed by atoms with Crippen molar-refractivity contribution in [3.05, 3.63) is 34.3 Å². The smallest absolute Gasteiger partial charge is 0.340 e. The summed E-state index contributed by atoms with van der Waals surface area (Å²) < 4.78 is 17.2. The predicted octanol–water partition coefficient (Wildman–Crippen LogP) is 2.35. The molecule has 5 rings (SSSR count). The molecule has 0 amide bonds. The van der Waals surface area contributed by atoms with Crippen LogP contribution in [0.3, 0.4) is 0 Å². The largest absolute Gasteiger partial charge is 0.504 e. The Morgan fingerprint density at radius 1 is 1.22 bits per heavy atom. The van der Waals surface area contributed by atoms with Crippen molar-refractivity contribution in [1.82, 2.24) is 4.90 Å². The second-order valence-corrected chi connectivity index (χ2v) is 11.2. The van der Waals surface area contributed by atoms with E-state index in [1.54, 1.807) is 6.20 Å². The van der Waals surface area contributed by atoms with Crippen molar-refractivity contribution < 1.29 is 38.8 Å². The average molecular weight is 502 g/mol. The van der Waals surface area contributed by atoms with Gasteiger partial charge in [0.15, 0.2) is 5.76 Å². The van der Waals surface area contributed by atoms with E-state index < -0.39 is 52.6 Å². The molecule has 0 aromatic heterocycles. The molecule has 0 spiro atoms. The molecular weight excluding hydrogens is 466 g/mol. The average Bonchev–Trinajstić information content (AvgIpc) is 3.42. The number of nitrogens with zero attached hydrogens (tertiary/aromatic N) is 1. The Labute approximate surface area is 210 Å². The van der Waals surface area contributed by atoms with Crippen LogP contribution in [0.5, 0.6) is 0 Å². The lowest BCUT2D eigenvalue weighted by atomic mass is 9.53. The van der Waals surface area contributed by atoms with Crippen LogP contribution in [0.15, 0.2) is 34.3 Å². The van der Waals surface area contributed by atoms with E-state index in [4.69, 9.17) is 14.2 Å². The lowest BCUT2D eigenvalue weighted by Crippen LogP contribution is -2.57. The zero-order chi connectivity index (χ0) is 26.0. The summed E-state index contributed by atoms with van der Waals surface area (Å²) in [5, 5.41) is 22.4. The number of ketones is 1. The Kier molecular flexibility index (Phi) is 6.07. The van der Waals surface area contributed by atoms with Crippen molar-refractivity contribution in [3.8, 4) is 0 Å². The van der Waals surface area contributed by atoms with Gasteiger partial charge in [-0.15, -0.1) is 0 Å². The van der Waals surface area contributed by atoms with Gasteiger partial charge in [0.25, 0.3) is 0 Å². The maximum Gasteiger partial charge on any atom is 0.340 e. The molecule has 2 aliphatic heterocycles. The molecule has 2 heterocycles. The number of cyclic esters (lactones) is 1. The number of methoxy groups -OCH3 is 1. The standard InChI is InChI=1S/C27H35NO8/c1-14(29)35-17-11-26(2)16(7-8-18(26)30)20-22(17)27(3)19(13-34-4)36-25(33)15(12-28-9-5-6-10-28)21(27)24(32)23(20)31/h12,16-19,30,32H,5-11,13H2,1-4H3/b15-12+. The Morgan fingerprint density at radius 3 is 2.56 bits per heavy atom. The fraction of sp³-hybridized carbons (Fsp3) is 0.667. The van der Waals surface area contributed by atoms with Gasteiger partial charge < -0.3 is 29.3 Å². The highest BCUT2D eigenvalue weighted by molar-refractivity contribution is 6.13. The number of ether oxygens (including phenoxy) is 3. The minimum Gasteiger partial charge on any atom is -0.504 e. The lowest BCUT2D eigenvalue weighted by Gasteiger charge is -2.54. The van der Waals surface area contributed by atoms with Gasteiger partial charge in [0.1, 0.15) is 12.2 Å². The summed E-state index contributed by atoms with van der Waals surface area (Å²) in [5.74, 6) is -2.51.